The van der Waals surface area contributed by atoms with E-state index >= 15 is 0 Å². The van der Waals surface area contributed by atoms with Gasteiger partial charge in [0.1, 0.15) is 0 Å². The lowest BCUT2D eigenvalue weighted by atomic mass is 10.1. The van der Waals surface area contributed by atoms with Crippen molar-refractivity contribution in [1.82, 2.24) is 19.6 Å². The lowest BCUT2D eigenvalue weighted by Crippen LogP contribution is -2.07. The van der Waals surface area contributed by atoms with Gasteiger partial charge in [0.2, 0.25) is 0 Å². The van der Waals surface area contributed by atoms with Gasteiger partial charge in [0.05, 0.1) is 18.4 Å². The molecule has 0 N–H and O–H groups in total. The first-order valence-electron chi connectivity index (χ1n) is 8.00. The molecule has 0 amide bonds. The highest BCUT2D eigenvalue weighted by atomic mass is 79.9. The standard InChI is InChI=1S/C18H17BrN4O2/c1-22-10-16(20-21-22)14-9-15(14)17-13(18(24)25-2)6-7-23(17)12-5-3-4-11(19)8-12/h3-8,10,14-15H,9H2,1-2H3/t14-,15?/m0/s1. The van der Waals surface area contributed by atoms with Gasteiger partial charge in [-0.3, -0.25) is 4.68 Å². The van der Waals surface area contributed by atoms with E-state index in [1.807, 2.05) is 49.8 Å². The molecule has 25 heavy (non-hydrogen) atoms. The minimum atomic E-state index is -0.312. The number of hydrogen-bond donors (Lipinski definition) is 0. The predicted molar refractivity (Wildman–Crippen MR) is 95.9 cm³/mol. The van der Waals surface area contributed by atoms with E-state index in [1.54, 1.807) is 4.68 Å². The number of aryl methyl sites for hydroxylation is 1. The van der Waals surface area contributed by atoms with Crippen molar-refractivity contribution < 1.29 is 9.53 Å². The summed E-state index contributed by atoms with van der Waals surface area (Å²) in [4.78, 5) is 12.2. The summed E-state index contributed by atoms with van der Waals surface area (Å²) in [5, 5.41) is 8.25. The van der Waals surface area contributed by atoms with E-state index in [-0.39, 0.29) is 17.8 Å². The molecule has 128 valence electrons. The summed E-state index contributed by atoms with van der Waals surface area (Å²) in [5.41, 5.74) is 3.55. The lowest BCUT2D eigenvalue weighted by Gasteiger charge is -2.11. The minimum absolute atomic E-state index is 0.222. The number of rotatable bonds is 4. The maximum Gasteiger partial charge on any atom is 0.339 e. The second kappa shape index (κ2) is 6.15. The van der Waals surface area contributed by atoms with Crippen LogP contribution >= 0.6 is 15.9 Å². The van der Waals surface area contributed by atoms with Crippen LogP contribution in [0.1, 0.15) is 40.0 Å². The van der Waals surface area contributed by atoms with Crippen molar-refractivity contribution in [1.29, 1.82) is 0 Å². The first kappa shape index (κ1) is 16.1. The van der Waals surface area contributed by atoms with Crippen LogP contribution in [0.25, 0.3) is 5.69 Å². The maximum atomic E-state index is 12.2. The Morgan fingerprint density at radius 3 is 2.84 bits per heavy atom. The third kappa shape index (κ3) is 2.89. The molecular weight excluding hydrogens is 384 g/mol. The fourth-order valence-corrected chi connectivity index (χ4v) is 3.70. The van der Waals surface area contributed by atoms with Crippen molar-refractivity contribution in [2.24, 2.45) is 7.05 Å². The van der Waals surface area contributed by atoms with Crippen LogP contribution in [0.4, 0.5) is 0 Å². The van der Waals surface area contributed by atoms with Crippen LogP contribution in [-0.2, 0) is 11.8 Å². The quantitative estimate of drug-likeness (QED) is 0.629. The normalized spacial score (nSPS) is 19.0. The summed E-state index contributed by atoms with van der Waals surface area (Å²) in [7, 11) is 3.27. The Morgan fingerprint density at radius 2 is 2.16 bits per heavy atom. The Morgan fingerprint density at radius 1 is 1.32 bits per heavy atom. The fourth-order valence-electron chi connectivity index (χ4n) is 3.32. The van der Waals surface area contributed by atoms with Gasteiger partial charge in [-0.25, -0.2) is 4.79 Å². The Balaban J connectivity index is 1.77. The highest BCUT2D eigenvalue weighted by molar-refractivity contribution is 9.10. The van der Waals surface area contributed by atoms with Gasteiger partial charge in [0.25, 0.3) is 0 Å². The Bertz CT molecular complexity index is 946. The third-order valence-electron chi connectivity index (χ3n) is 4.56. The van der Waals surface area contributed by atoms with Gasteiger partial charge in [0, 0.05) is 47.1 Å². The van der Waals surface area contributed by atoms with Crippen molar-refractivity contribution in [3.8, 4) is 5.69 Å². The molecule has 0 saturated heterocycles. The number of aromatic nitrogens is 4. The van der Waals surface area contributed by atoms with Crippen LogP contribution in [0.3, 0.4) is 0 Å². The second-order valence-corrected chi connectivity index (χ2v) is 7.14. The molecule has 7 heteroatoms. The molecule has 0 radical (unpaired) electrons. The molecule has 1 unspecified atom stereocenters. The van der Waals surface area contributed by atoms with Crippen LogP contribution in [0.2, 0.25) is 0 Å². The van der Waals surface area contributed by atoms with Crippen LogP contribution < -0.4 is 0 Å². The third-order valence-corrected chi connectivity index (χ3v) is 5.05. The van der Waals surface area contributed by atoms with E-state index in [1.165, 1.54) is 7.11 Å². The molecule has 4 rings (SSSR count). The highest BCUT2D eigenvalue weighted by Gasteiger charge is 2.45. The average Bonchev–Trinajstić information content (AvgIpc) is 3.06. The van der Waals surface area contributed by atoms with Crippen molar-refractivity contribution in [2.45, 2.75) is 18.3 Å². The molecule has 1 aliphatic rings. The van der Waals surface area contributed by atoms with Gasteiger partial charge >= 0.3 is 5.97 Å². The summed E-state index contributed by atoms with van der Waals surface area (Å²) in [6.07, 6.45) is 4.81. The number of hydrogen-bond acceptors (Lipinski definition) is 4. The van der Waals surface area contributed by atoms with E-state index in [9.17, 15) is 4.79 Å². The topological polar surface area (TPSA) is 61.9 Å². The fraction of sp³-hybridized carbons (Fsp3) is 0.278. The van der Waals surface area contributed by atoms with Gasteiger partial charge in [-0.05, 0) is 30.7 Å². The predicted octanol–water partition coefficient (Wildman–Crippen LogP) is 3.43. The van der Waals surface area contributed by atoms with Gasteiger partial charge in [-0.1, -0.05) is 27.2 Å². The van der Waals surface area contributed by atoms with E-state index in [0.717, 1.165) is 28.0 Å². The van der Waals surface area contributed by atoms with Crippen LogP contribution in [0, 0.1) is 0 Å². The molecule has 2 heterocycles. The monoisotopic (exact) mass is 400 g/mol. The molecule has 1 aromatic carbocycles. The van der Waals surface area contributed by atoms with Gasteiger partial charge < -0.3 is 9.30 Å². The molecule has 1 aliphatic carbocycles. The van der Waals surface area contributed by atoms with Crippen LogP contribution in [0.5, 0.6) is 0 Å². The maximum absolute atomic E-state index is 12.2. The first-order valence-corrected chi connectivity index (χ1v) is 8.79. The number of carbonyl (C=O) groups is 1. The zero-order valence-corrected chi connectivity index (χ0v) is 15.5. The molecule has 0 spiro atoms. The second-order valence-electron chi connectivity index (χ2n) is 6.22. The van der Waals surface area contributed by atoms with Gasteiger partial charge in [0.15, 0.2) is 0 Å². The lowest BCUT2D eigenvalue weighted by molar-refractivity contribution is 0.0599. The smallest absolute Gasteiger partial charge is 0.339 e. The highest BCUT2D eigenvalue weighted by Crippen LogP contribution is 2.55. The minimum Gasteiger partial charge on any atom is -0.465 e. The molecule has 2 aromatic heterocycles. The van der Waals surface area contributed by atoms with E-state index in [4.69, 9.17) is 4.74 Å². The largest absolute Gasteiger partial charge is 0.465 e. The summed E-state index contributed by atoms with van der Waals surface area (Å²) >= 11 is 3.51. The molecule has 0 aliphatic heterocycles. The molecule has 1 fully saturated rings. The summed E-state index contributed by atoms with van der Waals surface area (Å²) in [6.45, 7) is 0. The Kier molecular flexibility index (Phi) is 3.95. The van der Waals surface area contributed by atoms with Crippen LogP contribution in [0.15, 0.2) is 47.2 Å². The number of carbonyl (C=O) groups excluding carboxylic acids is 1. The zero-order chi connectivity index (χ0) is 17.6. The van der Waals surface area contributed by atoms with Gasteiger partial charge in [-0.2, -0.15) is 0 Å². The molecule has 1 saturated carbocycles. The molecule has 6 nitrogen and oxygen atoms in total. The first-order chi connectivity index (χ1) is 12.1. The van der Waals surface area contributed by atoms with Crippen molar-refractivity contribution in [3.05, 3.63) is 64.1 Å². The summed E-state index contributed by atoms with van der Waals surface area (Å²) in [6, 6.07) is 9.84. The number of nitrogens with zero attached hydrogens (tertiary/aromatic N) is 4. The number of benzene rings is 1. The average molecular weight is 401 g/mol. The van der Waals surface area contributed by atoms with Crippen molar-refractivity contribution in [3.63, 3.8) is 0 Å². The summed E-state index contributed by atoms with van der Waals surface area (Å²) < 4.78 is 9.75. The zero-order valence-electron chi connectivity index (χ0n) is 13.9. The summed E-state index contributed by atoms with van der Waals surface area (Å²) in [5.74, 6) is 0.186. The van der Waals surface area contributed by atoms with E-state index < -0.39 is 0 Å². The Labute approximate surface area is 153 Å². The number of halogens is 1. The molecule has 0 bridgehead atoms. The Hall–Kier alpha value is -2.41. The van der Waals surface area contributed by atoms with E-state index in [2.05, 4.69) is 30.8 Å². The number of methoxy groups -OCH3 is 1. The van der Waals surface area contributed by atoms with Gasteiger partial charge in [-0.15, -0.1) is 5.10 Å². The molecular formula is C18H17BrN4O2. The van der Waals surface area contributed by atoms with Crippen molar-refractivity contribution >= 4 is 21.9 Å². The van der Waals surface area contributed by atoms with E-state index in [0.29, 0.717) is 5.56 Å². The van der Waals surface area contributed by atoms with Crippen molar-refractivity contribution in [2.75, 3.05) is 7.11 Å². The number of ether oxygens (including phenoxy) is 1. The number of esters is 1. The molecule has 3 aromatic rings. The molecule has 2 atom stereocenters. The SMILES string of the molecule is COC(=O)c1ccn(-c2cccc(Br)c2)c1C1C[C@@H]1c1cn(C)nn1. The van der Waals surface area contributed by atoms with Crippen LogP contribution in [-0.4, -0.2) is 32.6 Å².